The zero-order valence-corrected chi connectivity index (χ0v) is 22.6. The molecule has 3 aliphatic rings. The van der Waals surface area contributed by atoms with E-state index >= 15 is 0 Å². The molecule has 12 heteroatoms. The first-order valence-electron chi connectivity index (χ1n) is 11.6. The topological polar surface area (TPSA) is 188 Å². The number of halogens is 1. The van der Waals surface area contributed by atoms with Crippen molar-refractivity contribution in [3.8, 4) is 5.75 Å². The normalized spacial score (nSPS) is 31.2. The van der Waals surface area contributed by atoms with Gasteiger partial charge in [0.25, 0.3) is 5.91 Å². The molecule has 1 aromatic rings. The minimum Gasteiger partial charge on any atom is -0.508 e. The predicted octanol–water partition coefficient (Wildman–Crippen LogP) is 1.06. The van der Waals surface area contributed by atoms with E-state index in [1.54, 1.807) is 13.0 Å². The molecule has 1 fully saturated rings. The van der Waals surface area contributed by atoms with Crippen LogP contribution in [-0.4, -0.2) is 80.6 Å². The first-order valence-corrected chi connectivity index (χ1v) is 12.6. The Balaban J connectivity index is 2.14. The van der Waals surface area contributed by atoms with Crippen molar-refractivity contribution >= 4 is 51.8 Å². The van der Waals surface area contributed by atoms with Crippen molar-refractivity contribution in [1.29, 1.82) is 0 Å². The molecule has 0 spiro atoms. The molecule has 0 saturated heterocycles. The molecule has 1 aromatic carbocycles. The summed E-state index contributed by atoms with van der Waals surface area (Å²) in [7, 11) is 2.94. The number of likely N-dealkylation sites (N-methyl/N-ethyl adjacent to an activating group) is 1. The fraction of sp³-hybridized carbons (Fsp3) is 0.440. The number of amides is 1. The number of Topliss-reactive ketones (excluding diaryl/α,β-unsaturated/α-hetero) is 2. The van der Waals surface area contributed by atoms with Gasteiger partial charge in [0, 0.05) is 21.5 Å². The number of nitrogens with two attached hydrogens (primary N) is 1. The second kappa shape index (κ2) is 9.10. The molecule has 1 amide bonds. The number of ether oxygens (including phenoxy) is 1. The Kier molecular flexibility index (Phi) is 6.66. The van der Waals surface area contributed by atoms with Crippen LogP contribution in [0.3, 0.4) is 0 Å². The van der Waals surface area contributed by atoms with Crippen LogP contribution in [0.4, 0.5) is 0 Å². The smallest absolute Gasteiger partial charge is 0.305 e. The fourth-order valence-corrected chi connectivity index (χ4v) is 6.93. The van der Waals surface area contributed by atoms with Gasteiger partial charge in [-0.3, -0.25) is 24.1 Å². The fourth-order valence-electron chi connectivity index (χ4n) is 5.99. The number of rotatable bonds is 4. The van der Waals surface area contributed by atoms with Crippen LogP contribution >= 0.6 is 22.6 Å². The molecule has 0 radical (unpaired) electrons. The number of hydrogen-bond acceptors (Lipinski definition) is 10. The van der Waals surface area contributed by atoms with E-state index in [-0.39, 0.29) is 17.7 Å². The van der Waals surface area contributed by atoms with Crippen LogP contribution in [0.25, 0.3) is 5.76 Å². The van der Waals surface area contributed by atoms with Gasteiger partial charge in [-0.15, -0.1) is 0 Å². The summed E-state index contributed by atoms with van der Waals surface area (Å²) in [5, 5.41) is 44.9. The lowest BCUT2D eigenvalue weighted by Crippen LogP contribution is -2.71. The van der Waals surface area contributed by atoms with Crippen LogP contribution in [0.2, 0.25) is 0 Å². The first-order chi connectivity index (χ1) is 17.2. The summed E-state index contributed by atoms with van der Waals surface area (Å²) in [4.78, 5) is 53.6. The zero-order chi connectivity index (χ0) is 27.7. The maximum Gasteiger partial charge on any atom is 0.305 e. The molecule has 4 rings (SSSR count). The molecule has 198 valence electrons. The average molecular weight is 626 g/mol. The van der Waals surface area contributed by atoms with Gasteiger partial charge in [-0.1, -0.05) is 13.8 Å². The number of phenolic OH excluding ortho intramolecular Hbond substituents is 1. The average Bonchev–Trinajstić information content (AvgIpc) is 2.81. The van der Waals surface area contributed by atoms with Gasteiger partial charge in [-0.05, 0) is 60.3 Å². The van der Waals surface area contributed by atoms with Gasteiger partial charge < -0.3 is 30.9 Å². The number of esters is 1. The number of carbonyl (C=O) groups excluding carboxylic acids is 4. The minimum atomic E-state index is -2.94. The number of fused-ring (bicyclic) bond motifs is 3. The maximum absolute atomic E-state index is 14.1. The summed E-state index contributed by atoms with van der Waals surface area (Å²) >= 11 is 2.02. The molecule has 0 unspecified atom stereocenters. The Morgan fingerprint density at radius 3 is 2.35 bits per heavy atom. The van der Waals surface area contributed by atoms with E-state index in [0.29, 0.717) is 9.13 Å². The molecule has 3 aliphatic carbocycles. The van der Waals surface area contributed by atoms with Crippen molar-refractivity contribution in [3.63, 3.8) is 0 Å². The minimum absolute atomic E-state index is 0.0312. The van der Waals surface area contributed by atoms with Crippen molar-refractivity contribution in [3.05, 3.63) is 43.7 Å². The monoisotopic (exact) mass is 626 g/mol. The highest BCUT2D eigenvalue weighted by molar-refractivity contribution is 14.1. The third-order valence-corrected chi connectivity index (χ3v) is 8.52. The van der Waals surface area contributed by atoms with Crippen LogP contribution in [0.1, 0.15) is 37.3 Å². The molecule has 6 N–H and O–H groups in total. The quantitative estimate of drug-likeness (QED) is 0.184. The first kappa shape index (κ1) is 27.1. The predicted molar refractivity (Wildman–Crippen MR) is 137 cm³/mol. The van der Waals surface area contributed by atoms with Crippen LogP contribution < -0.4 is 5.73 Å². The van der Waals surface area contributed by atoms with E-state index in [4.69, 9.17) is 10.5 Å². The van der Waals surface area contributed by atoms with Crippen molar-refractivity contribution in [2.45, 2.75) is 43.9 Å². The molecule has 0 aromatic heterocycles. The Bertz CT molecular complexity index is 1320. The lowest BCUT2D eigenvalue weighted by molar-refractivity contribution is -0.185. The number of primary amides is 1. The lowest BCUT2D eigenvalue weighted by atomic mass is 9.54. The largest absolute Gasteiger partial charge is 0.508 e. The number of nitrogens with zero attached hydrogens (tertiary/aromatic N) is 1. The van der Waals surface area contributed by atoms with Crippen molar-refractivity contribution in [2.24, 2.45) is 17.6 Å². The third-order valence-electron chi connectivity index (χ3n) is 7.58. The molecule has 1 saturated carbocycles. The highest BCUT2D eigenvalue weighted by atomic mass is 127. The number of aromatic hydroxyl groups is 1. The third kappa shape index (κ3) is 3.60. The molecule has 37 heavy (non-hydrogen) atoms. The number of hydrogen-bond donors (Lipinski definition) is 5. The molecule has 0 heterocycles. The highest BCUT2D eigenvalue weighted by Crippen LogP contribution is 2.57. The van der Waals surface area contributed by atoms with Crippen molar-refractivity contribution in [1.82, 2.24) is 4.90 Å². The molecule has 11 nitrogen and oxygen atoms in total. The molecule has 0 bridgehead atoms. The number of phenols is 1. The van der Waals surface area contributed by atoms with Gasteiger partial charge in [0.2, 0.25) is 5.78 Å². The van der Waals surface area contributed by atoms with Gasteiger partial charge in [0.15, 0.2) is 11.4 Å². The summed E-state index contributed by atoms with van der Waals surface area (Å²) in [6, 6.07) is 1.56. The zero-order valence-electron chi connectivity index (χ0n) is 20.5. The number of aliphatic hydroxyl groups is 3. The van der Waals surface area contributed by atoms with Crippen LogP contribution in [0.15, 0.2) is 29.0 Å². The molecule has 0 aliphatic heterocycles. The standard InChI is InChI=1S/C25H27IN2O9/c1-5-11(30)37-21-13-8(2)12-9(26)6-7-10(29)14(12)19(31)15(13)22(33)25(36)17(21)18(28(3)4)20(32)16(23(25)34)24(27)35/h6-8,13,17-18,21,29,31,34,36H,5H2,1-4H3,(H2,27,35)/t8-,13-,17-,18-,21-,25-/m1/s1. The van der Waals surface area contributed by atoms with Crippen molar-refractivity contribution in [2.75, 3.05) is 14.1 Å². The Labute approximate surface area is 225 Å². The van der Waals surface area contributed by atoms with E-state index in [2.05, 4.69) is 0 Å². The SMILES string of the molecule is CCC(=O)O[C@@H]1[C@H]2C(=C(O)c3c(O)ccc(I)c3[C@H]2C)C(=O)[C@@]2(O)C(O)=C(C(N)=O)C(=O)[C@H](N(C)C)[C@H]12. The number of benzene rings is 1. The Hall–Kier alpha value is -2.97. The van der Waals surface area contributed by atoms with E-state index in [1.165, 1.54) is 32.0 Å². The summed E-state index contributed by atoms with van der Waals surface area (Å²) in [5.41, 5.74) is 1.52. The molecule has 6 atom stereocenters. The number of aliphatic hydroxyl groups excluding tert-OH is 2. The highest BCUT2D eigenvalue weighted by Gasteiger charge is 2.69. The molecular weight excluding hydrogens is 599 g/mol. The second-order valence-corrected chi connectivity index (χ2v) is 10.9. The van der Waals surface area contributed by atoms with E-state index in [0.717, 1.165) is 0 Å². The van der Waals surface area contributed by atoms with E-state index in [9.17, 15) is 39.6 Å². The summed E-state index contributed by atoms with van der Waals surface area (Å²) in [5.74, 6) is -9.70. The maximum atomic E-state index is 14.1. The summed E-state index contributed by atoms with van der Waals surface area (Å²) < 4.78 is 6.43. The summed E-state index contributed by atoms with van der Waals surface area (Å²) in [6.45, 7) is 3.25. The van der Waals surface area contributed by atoms with Gasteiger partial charge in [-0.2, -0.15) is 0 Å². The van der Waals surface area contributed by atoms with Gasteiger partial charge in [-0.25, -0.2) is 0 Å². The van der Waals surface area contributed by atoms with Gasteiger partial charge >= 0.3 is 5.97 Å². The van der Waals surface area contributed by atoms with E-state index in [1.807, 2.05) is 22.6 Å². The lowest BCUT2D eigenvalue weighted by Gasteiger charge is -2.54. The summed E-state index contributed by atoms with van der Waals surface area (Å²) in [6.07, 6.45) is -1.48. The van der Waals surface area contributed by atoms with Gasteiger partial charge in [0.1, 0.15) is 28.9 Å². The van der Waals surface area contributed by atoms with Gasteiger partial charge in [0.05, 0.1) is 17.5 Å². The van der Waals surface area contributed by atoms with E-state index < -0.39 is 81.6 Å². The Morgan fingerprint density at radius 2 is 1.81 bits per heavy atom. The van der Waals surface area contributed by atoms with Crippen LogP contribution in [-0.2, 0) is 23.9 Å². The second-order valence-electron chi connectivity index (χ2n) is 9.72. The van der Waals surface area contributed by atoms with Crippen molar-refractivity contribution < 1.29 is 44.3 Å². The van der Waals surface area contributed by atoms with Crippen LogP contribution in [0, 0.1) is 15.4 Å². The number of carbonyl (C=O) groups is 4. The number of ketones is 2. The molecular formula is C25H27IN2O9. The van der Waals surface area contributed by atoms with Crippen LogP contribution in [0.5, 0.6) is 5.75 Å². The Morgan fingerprint density at radius 1 is 1.19 bits per heavy atom.